The Hall–Kier alpha value is -2.17. The minimum absolute atomic E-state index is 0.0375. The maximum Gasteiger partial charge on any atom is 0.228 e. The van der Waals surface area contributed by atoms with Gasteiger partial charge in [-0.1, -0.05) is 20.8 Å². The summed E-state index contributed by atoms with van der Waals surface area (Å²) in [6, 6.07) is 6.66. The molecule has 124 valence electrons. The molecule has 0 spiro atoms. The van der Waals surface area contributed by atoms with E-state index in [0.29, 0.717) is 24.1 Å². The van der Waals surface area contributed by atoms with Gasteiger partial charge in [0.2, 0.25) is 5.91 Å². The van der Waals surface area contributed by atoms with E-state index in [1.165, 1.54) is 6.92 Å². The van der Waals surface area contributed by atoms with Crippen molar-refractivity contribution in [1.29, 1.82) is 0 Å². The molecule has 0 unspecified atom stereocenters. The standard InChI is InChI=1S/C18H23NO4/c1-11(20)12-5-7-13(8-6-12)19-15(21)14-9-10-18(4,16(22)23)17(14,2)3/h5-8,14H,9-10H2,1-4H3,(H,19,21)(H,22,23)/p-1/t14-,18-/m1/s1. The van der Waals surface area contributed by atoms with Crippen molar-refractivity contribution in [2.24, 2.45) is 16.7 Å². The van der Waals surface area contributed by atoms with Crippen molar-refractivity contribution in [3.8, 4) is 0 Å². The second-order valence-corrected chi connectivity index (χ2v) is 7.06. The molecule has 0 aromatic heterocycles. The molecule has 1 N–H and O–H groups in total. The average molecular weight is 316 g/mol. The fourth-order valence-corrected chi connectivity index (χ4v) is 3.34. The first-order chi connectivity index (χ1) is 10.6. The Bertz CT molecular complexity index is 647. The number of amides is 1. The van der Waals surface area contributed by atoms with Crippen LogP contribution >= 0.6 is 0 Å². The second-order valence-electron chi connectivity index (χ2n) is 7.06. The number of hydrogen-bond donors (Lipinski definition) is 1. The molecule has 1 aromatic rings. The first kappa shape index (κ1) is 17.2. The molecule has 1 aliphatic carbocycles. The molecule has 0 heterocycles. The molecule has 1 fully saturated rings. The zero-order chi connectivity index (χ0) is 17.4. The molecule has 0 bridgehead atoms. The largest absolute Gasteiger partial charge is 0.550 e. The van der Waals surface area contributed by atoms with Crippen LogP contribution in [0, 0.1) is 16.7 Å². The van der Waals surface area contributed by atoms with Crippen molar-refractivity contribution in [1.82, 2.24) is 0 Å². The van der Waals surface area contributed by atoms with Crippen LogP contribution < -0.4 is 10.4 Å². The minimum Gasteiger partial charge on any atom is -0.550 e. The van der Waals surface area contributed by atoms with Gasteiger partial charge in [-0.05, 0) is 49.4 Å². The number of Topliss-reactive ketones (excluding diaryl/α,β-unsaturated/α-hetero) is 1. The minimum atomic E-state index is -1.11. The highest BCUT2D eigenvalue weighted by Gasteiger charge is 2.54. The second kappa shape index (κ2) is 5.80. The first-order valence-corrected chi connectivity index (χ1v) is 7.73. The van der Waals surface area contributed by atoms with Crippen LogP contribution in [-0.2, 0) is 9.59 Å². The number of hydrogen-bond acceptors (Lipinski definition) is 4. The Balaban J connectivity index is 2.15. The third-order valence-corrected chi connectivity index (χ3v) is 5.55. The lowest BCUT2D eigenvalue weighted by Crippen LogP contribution is -2.49. The summed E-state index contributed by atoms with van der Waals surface area (Å²) in [5, 5.41) is 14.3. The zero-order valence-electron chi connectivity index (χ0n) is 13.9. The van der Waals surface area contributed by atoms with E-state index in [-0.39, 0.29) is 11.7 Å². The molecule has 0 saturated heterocycles. The lowest BCUT2D eigenvalue weighted by Gasteiger charge is -2.41. The van der Waals surface area contributed by atoms with E-state index >= 15 is 0 Å². The number of carbonyl (C=O) groups is 3. The lowest BCUT2D eigenvalue weighted by molar-refractivity contribution is -0.323. The van der Waals surface area contributed by atoms with Gasteiger partial charge in [0.15, 0.2) is 5.78 Å². The number of nitrogens with one attached hydrogen (secondary N) is 1. The van der Waals surface area contributed by atoms with Crippen LogP contribution in [0.15, 0.2) is 24.3 Å². The molecule has 0 radical (unpaired) electrons. The number of carbonyl (C=O) groups excluding carboxylic acids is 3. The predicted octanol–water partition coefficient (Wildman–Crippen LogP) is 2.02. The van der Waals surface area contributed by atoms with Crippen molar-refractivity contribution in [3.05, 3.63) is 29.8 Å². The Morgan fingerprint density at radius 2 is 1.70 bits per heavy atom. The van der Waals surface area contributed by atoms with Crippen molar-refractivity contribution in [2.45, 2.75) is 40.5 Å². The van der Waals surface area contributed by atoms with Crippen LogP contribution in [0.2, 0.25) is 0 Å². The van der Waals surface area contributed by atoms with Gasteiger partial charge in [0, 0.05) is 28.6 Å². The van der Waals surface area contributed by atoms with E-state index in [1.54, 1.807) is 45.0 Å². The Labute approximate surface area is 136 Å². The van der Waals surface area contributed by atoms with E-state index in [1.807, 2.05) is 0 Å². The smallest absolute Gasteiger partial charge is 0.228 e. The molecule has 5 nitrogen and oxygen atoms in total. The lowest BCUT2D eigenvalue weighted by atomic mass is 9.65. The van der Waals surface area contributed by atoms with Crippen molar-refractivity contribution < 1.29 is 19.5 Å². The van der Waals surface area contributed by atoms with Gasteiger partial charge in [-0.25, -0.2) is 0 Å². The molecule has 1 aromatic carbocycles. The Morgan fingerprint density at radius 3 is 2.13 bits per heavy atom. The normalized spacial score (nSPS) is 25.8. The highest BCUT2D eigenvalue weighted by molar-refractivity contribution is 5.96. The Kier molecular flexibility index (Phi) is 4.33. The molecule has 1 saturated carbocycles. The van der Waals surface area contributed by atoms with E-state index in [9.17, 15) is 19.5 Å². The number of rotatable bonds is 4. The molecule has 1 aliphatic rings. The van der Waals surface area contributed by atoms with E-state index < -0.39 is 22.7 Å². The number of benzene rings is 1. The Morgan fingerprint density at radius 1 is 1.13 bits per heavy atom. The van der Waals surface area contributed by atoms with Crippen LogP contribution in [0.4, 0.5) is 5.69 Å². The highest BCUT2D eigenvalue weighted by atomic mass is 16.4. The molecule has 0 aliphatic heterocycles. The monoisotopic (exact) mass is 316 g/mol. The van der Waals surface area contributed by atoms with E-state index in [4.69, 9.17) is 0 Å². The van der Waals surface area contributed by atoms with Gasteiger partial charge in [-0.15, -0.1) is 0 Å². The summed E-state index contributed by atoms with van der Waals surface area (Å²) in [5.41, 5.74) is -0.547. The topological polar surface area (TPSA) is 86.3 Å². The van der Waals surface area contributed by atoms with Crippen molar-refractivity contribution in [3.63, 3.8) is 0 Å². The van der Waals surface area contributed by atoms with Gasteiger partial charge in [0.05, 0.1) is 0 Å². The summed E-state index contributed by atoms with van der Waals surface area (Å²) in [7, 11) is 0. The van der Waals surface area contributed by atoms with Crippen LogP contribution in [-0.4, -0.2) is 17.7 Å². The number of carboxylic acids is 1. The number of aliphatic carboxylic acids is 1. The fraction of sp³-hybridized carbons (Fsp3) is 0.500. The van der Waals surface area contributed by atoms with Crippen LogP contribution in [0.3, 0.4) is 0 Å². The molecular weight excluding hydrogens is 294 g/mol. The maximum absolute atomic E-state index is 12.6. The number of anilines is 1. The molecule has 2 rings (SSSR count). The molecule has 2 atom stereocenters. The van der Waals surface area contributed by atoms with Gasteiger partial charge in [0.1, 0.15) is 0 Å². The highest BCUT2D eigenvalue weighted by Crippen LogP contribution is 2.55. The molecular formula is C18H22NO4-. The van der Waals surface area contributed by atoms with Gasteiger partial charge < -0.3 is 15.2 Å². The SMILES string of the molecule is CC(=O)c1ccc(NC(=O)[C@H]2CC[C@](C)(C(=O)[O-])C2(C)C)cc1. The van der Waals surface area contributed by atoms with Gasteiger partial charge >= 0.3 is 0 Å². The summed E-state index contributed by atoms with van der Waals surface area (Å²) in [4.78, 5) is 35.3. The zero-order valence-corrected chi connectivity index (χ0v) is 13.9. The van der Waals surface area contributed by atoms with Crippen LogP contribution in [0.1, 0.15) is 50.9 Å². The van der Waals surface area contributed by atoms with E-state index in [2.05, 4.69) is 5.32 Å². The van der Waals surface area contributed by atoms with Crippen molar-refractivity contribution in [2.75, 3.05) is 5.32 Å². The van der Waals surface area contributed by atoms with Crippen LogP contribution in [0.25, 0.3) is 0 Å². The molecule has 1 amide bonds. The summed E-state index contributed by atoms with van der Waals surface area (Å²) < 4.78 is 0. The van der Waals surface area contributed by atoms with Crippen LogP contribution in [0.5, 0.6) is 0 Å². The van der Waals surface area contributed by atoms with E-state index in [0.717, 1.165) is 0 Å². The molecule has 5 heteroatoms. The van der Waals surface area contributed by atoms with Crippen molar-refractivity contribution >= 4 is 23.3 Å². The number of ketones is 1. The summed E-state index contributed by atoms with van der Waals surface area (Å²) in [5.74, 6) is -1.75. The van der Waals surface area contributed by atoms with Gasteiger partial charge in [0.25, 0.3) is 0 Å². The first-order valence-electron chi connectivity index (χ1n) is 7.73. The third kappa shape index (κ3) is 2.87. The summed E-state index contributed by atoms with van der Waals surface area (Å²) in [6.45, 7) is 6.74. The predicted molar refractivity (Wildman–Crippen MR) is 84.7 cm³/mol. The fourth-order valence-electron chi connectivity index (χ4n) is 3.34. The summed E-state index contributed by atoms with van der Waals surface area (Å²) in [6.07, 6.45) is 0.929. The third-order valence-electron chi connectivity index (χ3n) is 5.55. The summed E-state index contributed by atoms with van der Waals surface area (Å²) >= 11 is 0. The molecule has 23 heavy (non-hydrogen) atoms. The maximum atomic E-state index is 12.6. The number of carboxylic acid groups (broad SMARTS) is 1. The quantitative estimate of drug-likeness (QED) is 0.861. The van der Waals surface area contributed by atoms with Gasteiger partial charge in [-0.2, -0.15) is 0 Å². The average Bonchev–Trinajstić information content (AvgIpc) is 2.71. The van der Waals surface area contributed by atoms with Gasteiger partial charge in [-0.3, -0.25) is 9.59 Å².